The molecule has 0 fully saturated rings. The van der Waals surface area contributed by atoms with E-state index in [1.165, 1.54) is 56.7 Å². The zero-order chi connectivity index (χ0) is 33.5. The van der Waals surface area contributed by atoms with Crippen LogP contribution in [0.3, 0.4) is 0 Å². The van der Waals surface area contributed by atoms with Gasteiger partial charge in [0.2, 0.25) is 5.91 Å². The van der Waals surface area contributed by atoms with Crippen LogP contribution in [0.2, 0.25) is 0 Å². The van der Waals surface area contributed by atoms with E-state index in [-0.39, 0.29) is 58.0 Å². The molecule has 0 saturated heterocycles. The number of carboxylic acid groups (broad SMARTS) is 1. The van der Waals surface area contributed by atoms with E-state index in [1.54, 1.807) is 36.4 Å². The van der Waals surface area contributed by atoms with Crippen molar-refractivity contribution < 1.29 is 46.1 Å². The second-order valence-corrected chi connectivity index (χ2v) is 13.5. The molecule has 0 aliphatic heterocycles. The van der Waals surface area contributed by atoms with Gasteiger partial charge >= 0.3 is 5.97 Å². The molecule has 0 spiro atoms. The SMILES string of the molecule is COc1cc(CC(O)OC)ccc1NS(=O)(=O)c1ccc(NS(=O)(=O)c2ccc(NC(=O)CCCC(=O)O)cc2)c2ccccc12. The average Bonchev–Trinajstić information content (AvgIpc) is 3.01. The number of aliphatic hydroxyl groups excluding tert-OH is 1. The fourth-order valence-electron chi connectivity index (χ4n) is 4.57. The highest BCUT2D eigenvalue weighted by Crippen LogP contribution is 2.34. The monoisotopic (exact) mass is 671 g/mol. The summed E-state index contributed by atoms with van der Waals surface area (Å²) < 4.78 is 69.0. The number of nitrogens with one attached hydrogen (secondary N) is 3. The van der Waals surface area contributed by atoms with Gasteiger partial charge < -0.3 is 25.0 Å². The summed E-state index contributed by atoms with van der Waals surface area (Å²) in [6.45, 7) is 0. The second kappa shape index (κ2) is 14.6. The Bertz CT molecular complexity index is 1950. The standard InChI is InChI=1S/C31H33N3O10S2/c1-43-27-18-20(19-31(38)44-2)10-15-26(27)34-46(41,42)28-17-16-25(23-6-3-4-7-24(23)28)33-45(39,40)22-13-11-21(12-14-22)32-29(35)8-5-9-30(36)37/h3-4,6-7,10-18,31,33-34,38H,5,8-9,19H2,1-2H3,(H,32,35)(H,36,37). The van der Waals surface area contributed by atoms with Crippen molar-refractivity contribution in [3.8, 4) is 5.75 Å². The van der Waals surface area contributed by atoms with E-state index in [4.69, 9.17) is 14.6 Å². The van der Waals surface area contributed by atoms with E-state index >= 15 is 0 Å². The number of aliphatic carboxylic acids is 1. The number of aliphatic hydroxyl groups is 1. The molecule has 0 bridgehead atoms. The highest BCUT2D eigenvalue weighted by Gasteiger charge is 2.23. The van der Waals surface area contributed by atoms with Gasteiger partial charge in [0, 0.05) is 42.8 Å². The Morgan fingerprint density at radius 2 is 1.46 bits per heavy atom. The van der Waals surface area contributed by atoms with Crippen molar-refractivity contribution in [3.63, 3.8) is 0 Å². The lowest BCUT2D eigenvalue weighted by molar-refractivity contribution is -0.137. The van der Waals surface area contributed by atoms with Crippen LogP contribution in [0.15, 0.2) is 88.7 Å². The van der Waals surface area contributed by atoms with Crippen LogP contribution in [0, 0.1) is 0 Å². The van der Waals surface area contributed by atoms with Crippen LogP contribution >= 0.6 is 0 Å². The molecule has 0 radical (unpaired) electrons. The summed E-state index contributed by atoms with van der Waals surface area (Å²) >= 11 is 0. The Balaban J connectivity index is 1.55. The van der Waals surface area contributed by atoms with E-state index in [0.717, 1.165) is 0 Å². The summed E-state index contributed by atoms with van der Waals surface area (Å²) in [4.78, 5) is 22.5. The molecule has 4 rings (SSSR count). The molecule has 13 nitrogen and oxygen atoms in total. The highest BCUT2D eigenvalue weighted by atomic mass is 32.2. The normalized spacial score (nSPS) is 12.3. The van der Waals surface area contributed by atoms with E-state index < -0.39 is 38.2 Å². The van der Waals surface area contributed by atoms with Gasteiger partial charge in [0.25, 0.3) is 20.0 Å². The van der Waals surface area contributed by atoms with Crippen molar-refractivity contribution in [1.82, 2.24) is 0 Å². The molecule has 4 aromatic carbocycles. The Hall–Kier alpha value is -4.70. The van der Waals surface area contributed by atoms with Gasteiger partial charge in [-0.2, -0.15) is 0 Å². The van der Waals surface area contributed by atoms with Gasteiger partial charge in [-0.1, -0.05) is 30.3 Å². The van der Waals surface area contributed by atoms with Crippen LogP contribution in [0.25, 0.3) is 10.8 Å². The molecule has 0 heterocycles. The van der Waals surface area contributed by atoms with Gasteiger partial charge in [0.05, 0.1) is 28.3 Å². The lowest BCUT2D eigenvalue weighted by Gasteiger charge is -2.17. The first kappa shape index (κ1) is 34.2. The van der Waals surface area contributed by atoms with E-state index in [0.29, 0.717) is 16.6 Å². The molecule has 1 amide bonds. The first-order valence-electron chi connectivity index (χ1n) is 13.9. The zero-order valence-corrected chi connectivity index (χ0v) is 26.5. The number of carbonyl (C=O) groups is 2. The van der Waals surface area contributed by atoms with Gasteiger partial charge in [-0.25, -0.2) is 16.8 Å². The maximum Gasteiger partial charge on any atom is 0.303 e. The molecule has 4 aromatic rings. The third-order valence-electron chi connectivity index (χ3n) is 6.85. The number of sulfonamides is 2. The molecule has 0 aliphatic carbocycles. The minimum atomic E-state index is -4.20. The van der Waals surface area contributed by atoms with Crippen LogP contribution in [0.1, 0.15) is 24.8 Å². The van der Waals surface area contributed by atoms with E-state index in [2.05, 4.69) is 14.8 Å². The summed E-state index contributed by atoms with van der Waals surface area (Å²) in [5.74, 6) is -1.18. The number of ether oxygens (including phenoxy) is 2. The molecule has 0 saturated carbocycles. The van der Waals surface area contributed by atoms with E-state index in [1.807, 2.05) is 0 Å². The number of fused-ring (bicyclic) bond motifs is 1. The molecule has 244 valence electrons. The lowest BCUT2D eigenvalue weighted by atomic mass is 10.1. The van der Waals surface area contributed by atoms with Crippen LogP contribution < -0.4 is 19.5 Å². The summed E-state index contributed by atoms with van der Waals surface area (Å²) in [7, 11) is -5.58. The van der Waals surface area contributed by atoms with Crippen molar-refractivity contribution in [2.24, 2.45) is 0 Å². The molecule has 0 aliphatic rings. The topological polar surface area (TPSA) is 197 Å². The van der Waals surface area contributed by atoms with Crippen LogP contribution in [-0.4, -0.2) is 59.4 Å². The molecular weight excluding hydrogens is 638 g/mol. The van der Waals surface area contributed by atoms with Gasteiger partial charge in [0.15, 0.2) is 6.29 Å². The van der Waals surface area contributed by atoms with Crippen molar-refractivity contribution in [1.29, 1.82) is 0 Å². The number of carboxylic acids is 1. The number of hydrogen-bond acceptors (Lipinski definition) is 9. The van der Waals surface area contributed by atoms with Gasteiger partial charge in [-0.3, -0.25) is 19.0 Å². The summed E-state index contributed by atoms with van der Waals surface area (Å²) in [5.41, 5.74) is 1.30. The number of rotatable bonds is 15. The molecule has 5 N–H and O–H groups in total. The fourth-order valence-corrected chi connectivity index (χ4v) is 6.93. The minimum Gasteiger partial charge on any atom is -0.495 e. The Morgan fingerprint density at radius 1 is 0.804 bits per heavy atom. The Morgan fingerprint density at radius 3 is 2.11 bits per heavy atom. The third kappa shape index (κ3) is 8.51. The molecule has 1 atom stereocenters. The Labute approximate surface area is 266 Å². The first-order valence-corrected chi connectivity index (χ1v) is 16.9. The number of benzene rings is 4. The van der Waals surface area contributed by atoms with Gasteiger partial charge in [-0.15, -0.1) is 0 Å². The summed E-state index contributed by atoms with van der Waals surface area (Å²) in [6.07, 6.45) is -0.839. The highest BCUT2D eigenvalue weighted by molar-refractivity contribution is 7.93. The molecular formula is C31H33N3O10S2. The number of carbonyl (C=O) groups excluding carboxylic acids is 1. The Kier molecular flexibility index (Phi) is 10.8. The molecule has 1 unspecified atom stereocenters. The quantitative estimate of drug-likeness (QED) is 0.115. The average molecular weight is 672 g/mol. The number of methoxy groups -OCH3 is 2. The molecule has 46 heavy (non-hydrogen) atoms. The van der Waals surface area contributed by atoms with Crippen molar-refractivity contribution in [3.05, 3.63) is 84.4 Å². The first-order chi connectivity index (χ1) is 21.8. The number of hydrogen-bond donors (Lipinski definition) is 5. The second-order valence-electron chi connectivity index (χ2n) is 10.1. The number of amides is 1. The smallest absolute Gasteiger partial charge is 0.303 e. The van der Waals surface area contributed by atoms with Crippen LogP contribution in [0.5, 0.6) is 5.75 Å². The van der Waals surface area contributed by atoms with Gasteiger partial charge in [-0.05, 0) is 60.5 Å². The summed E-state index contributed by atoms with van der Waals surface area (Å²) in [5, 5.41) is 21.7. The van der Waals surface area contributed by atoms with E-state index in [9.17, 15) is 31.5 Å². The van der Waals surface area contributed by atoms with Crippen molar-refractivity contribution in [2.75, 3.05) is 29.0 Å². The van der Waals surface area contributed by atoms with Crippen molar-refractivity contribution in [2.45, 2.75) is 41.8 Å². The minimum absolute atomic E-state index is 0.00191. The van der Waals surface area contributed by atoms with Crippen molar-refractivity contribution >= 4 is 59.8 Å². The predicted octanol–water partition coefficient (Wildman–Crippen LogP) is 4.15. The van der Waals surface area contributed by atoms with Gasteiger partial charge in [0.1, 0.15) is 5.75 Å². The maximum absolute atomic E-state index is 13.6. The molecule has 15 heteroatoms. The predicted molar refractivity (Wildman–Crippen MR) is 172 cm³/mol. The maximum atomic E-state index is 13.6. The number of anilines is 3. The third-order valence-corrected chi connectivity index (χ3v) is 9.66. The lowest BCUT2D eigenvalue weighted by Crippen LogP contribution is -2.16. The zero-order valence-electron chi connectivity index (χ0n) is 24.9. The fraction of sp³-hybridized carbons (Fsp3) is 0.226. The molecule has 0 aromatic heterocycles. The summed E-state index contributed by atoms with van der Waals surface area (Å²) in [6, 6.07) is 19.2. The van der Waals surface area contributed by atoms with Crippen LogP contribution in [0.4, 0.5) is 17.1 Å². The van der Waals surface area contributed by atoms with Crippen LogP contribution in [-0.2, 0) is 40.8 Å². The largest absolute Gasteiger partial charge is 0.495 e.